The van der Waals surface area contributed by atoms with E-state index >= 15 is 0 Å². The summed E-state index contributed by atoms with van der Waals surface area (Å²) in [6.45, 7) is 11.8. The van der Waals surface area contributed by atoms with E-state index in [0.29, 0.717) is 24.6 Å². The molecule has 1 aliphatic rings. The quantitative estimate of drug-likeness (QED) is 0.510. The van der Waals surface area contributed by atoms with Crippen LogP contribution in [0, 0.1) is 10.8 Å². The van der Waals surface area contributed by atoms with Crippen molar-refractivity contribution in [3.63, 3.8) is 0 Å². The van der Waals surface area contributed by atoms with Crippen LogP contribution in [-0.2, 0) is 4.74 Å². The van der Waals surface area contributed by atoms with Crippen LogP contribution >= 0.6 is 0 Å². The summed E-state index contributed by atoms with van der Waals surface area (Å²) in [5.74, 6) is 0. The lowest BCUT2D eigenvalue weighted by Crippen LogP contribution is -2.47. The monoisotopic (exact) mass is 328 g/mol. The lowest BCUT2D eigenvalue weighted by atomic mass is 9.63. The zero-order chi connectivity index (χ0) is 17.3. The molecule has 4 N–H and O–H groups in total. The normalized spacial score (nSPS) is 28.7. The van der Waals surface area contributed by atoms with Crippen LogP contribution in [0.15, 0.2) is 0 Å². The molecule has 0 aromatic rings. The van der Waals surface area contributed by atoms with E-state index < -0.39 is 6.10 Å². The fraction of sp³-hybridized carbons (Fsp3) is 1.00. The molecule has 4 nitrogen and oxygen atoms in total. The first-order chi connectivity index (χ1) is 10.8. The number of nitrogens with one attached hydrogen (secondary N) is 1. The molecule has 23 heavy (non-hydrogen) atoms. The van der Waals surface area contributed by atoms with Gasteiger partial charge in [-0.2, -0.15) is 0 Å². The highest BCUT2D eigenvalue weighted by Gasteiger charge is 2.39. The minimum atomic E-state index is -0.421. The van der Waals surface area contributed by atoms with Gasteiger partial charge in [0.05, 0.1) is 12.7 Å². The Hall–Kier alpha value is -0.160. The van der Waals surface area contributed by atoms with E-state index in [4.69, 9.17) is 10.5 Å². The van der Waals surface area contributed by atoms with Crippen molar-refractivity contribution in [1.29, 1.82) is 0 Å². The number of aliphatic hydroxyl groups excluding tert-OH is 1. The third-order valence-electron chi connectivity index (χ3n) is 4.86. The molecule has 1 saturated carbocycles. The summed E-state index contributed by atoms with van der Waals surface area (Å²) in [7, 11) is 0. The second-order valence-electron chi connectivity index (χ2n) is 8.74. The van der Waals surface area contributed by atoms with E-state index in [1.165, 1.54) is 25.7 Å². The van der Waals surface area contributed by atoms with Gasteiger partial charge < -0.3 is 20.9 Å². The Labute approximate surface area is 143 Å². The second kappa shape index (κ2) is 9.97. The molecule has 0 aliphatic heterocycles. The SMILES string of the molecule is CCCCCCOCC(O)CNCC1(C)CC(N)CC(C)(C)C1. The van der Waals surface area contributed by atoms with Gasteiger partial charge in [0.2, 0.25) is 0 Å². The van der Waals surface area contributed by atoms with Crippen LogP contribution in [0.3, 0.4) is 0 Å². The number of hydrogen-bond acceptors (Lipinski definition) is 4. The van der Waals surface area contributed by atoms with Crippen molar-refractivity contribution in [2.24, 2.45) is 16.6 Å². The molecule has 0 spiro atoms. The molecule has 138 valence electrons. The predicted octanol–water partition coefficient (Wildman–Crippen LogP) is 3.08. The van der Waals surface area contributed by atoms with E-state index in [-0.39, 0.29) is 5.41 Å². The lowest BCUT2D eigenvalue weighted by molar-refractivity contribution is 0.0305. The van der Waals surface area contributed by atoms with Crippen molar-refractivity contribution in [2.75, 3.05) is 26.3 Å². The Balaban J connectivity index is 2.15. The number of unbranched alkanes of at least 4 members (excludes halogenated alkanes) is 3. The highest BCUT2D eigenvalue weighted by molar-refractivity contribution is 4.94. The van der Waals surface area contributed by atoms with Gasteiger partial charge in [-0.3, -0.25) is 0 Å². The van der Waals surface area contributed by atoms with Gasteiger partial charge in [0.25, 0.3) is 0 Å². The molecule has 0 amide bonds. The maximum Gasteiger partial charge on any atom is 0.0897 e. The summed E-state index contributed by atoms with van der Waals surface area (Å²) in [4.78, 5) is 0. The first-order valence-electron chi connectivity index (χ1n) is 9.48. The summed E-state index contributed by atoms with van der Waals surface area (Å²) >= 11 is 0. The van der Waals surface area contributed by atoms with Gasteiger partial charge in [0.15, 0.2) is 0 Å². The van der Waals surface area contributed by atoms with Gasteiger partial charge in [-0.25, -0.2) is 0 Å². The fourth-order valence-electron chi connectivity index (χ4n) is 4.30. The smallest absolute Gasteiger partial charge is 0.0897 e. The minimum Gasteiger partial charge on any atom is -0.389 e. The van der Waals surface area contributed by atoms with Crippen molar-refractivity contribution in [3.05, 3.63) is 0 Å². The second-order valence-corrected chi connectivity index (χ2v) is 8.74. The third-order valence-corrected chi connectivity index (χ3v) is 4.86. The van der Waals surface area contributed by atoms with Crippen LogP contribution in [0.5, 0.6) is 0 Å². The van der Waals surface area contributed by atoms with Gasteiger partial charge in [-0.05, 0) is 36.5 Å². The molecule has 4 heteroatoms. The zero-order valence-electron chi connectivity index (χ0n) is 15.9. The molecule has 1 rings (SSSR count). The van der Waals surface area contributed by atoms with Gasteiger partial charge in [0, 0.05) is 25.7 Å². The minimum absolute atomic E-state index is 0.224. The topological polar surface area (TPSA) is 67.5 Å². The predicted molar refractivity (Wildman–Crippen MR) is 97.6 cm³/mol. The van der Waals surface area contributed by atoms with Crippen molar-refractivity contribution in [2.45, 2.75) is 84.8 Å². The van der Waals surface area contributed by atoms with Crippen LogP contribution in [-0.4, -0.2) is 43.6 Å². The van der Waals surface area contributed by atoms with Crippen molar-refractivity contribution in [1.82, 2.24) is 5.32 Å². The first-order valence-corrected chi connectivity index (χ1v) is 9.48. The molecule has 0 bridgehead atoms. The molecule has 0 radical (unpaired) electrons. The lowest BCUT2D eigenvalue weighted by Gasteiger charge is -2.46. The van der Waals surface area contributed by atoms with Crippen LogP contribution in [0.1, 0.15) is 72.6 Å². The third kappa shape index (κ3) is 9.04. The van der Waals surface area contributed by atoms with Gasteiger partial charge in [0.1, 0.15) is 0 Å². The molecule has 1 aliphatic carbocycles. The Morgan fingerprint density at radius 3 is 2.61 bits per heavy atom. The average molecular weight is 329 g/mol. The van der Waals surface area contributed by atoms with E-state index in [9.17, 15) is 5.11 Å². The van der Waals surface area contributed by atoms with Crippen LogP contribution in [0.25, 0.3) is 0 Å². The van der Waals surface area contributed by atoms with Crippen molar-refractivity contribution in [3.8, 4) is 0 Å². The summed E-state index contributed by atoms with van der Waals surface area (Å²) in [6.07, 6.45) is 7.76. The molecule has 1 fully saturated rings. The summed E-state index contributed by atoms with van der Waals surface area (Å²) in [5.41, 5.74) is 6.77. The maximum absolute atomic E-state index is 10.0. The Kier molecular flexibility index (Phi) is 9.06. The average Bonchev–Trinajstić information content (AvgIpc) is 2.39. The largest absolute Gasteiger partial charge is 0.389 e. The van der Waals surface area contributed by atoms with E-state index in [2.05, 4.69) is 33.0 Å². The molecule has 3 unspecified atom stereocenters. The van der Waals surface area contributed by atoms with Crippen LogP contribution < -0.4 is 11.1 Å². The summed E-state index contributed by atoms with van der Waals surface area (Å²) < 4.78 is 5.55. The van der Waals surface area contributed by atoms with Crippen molar-refractivity contribution >= 4 is 0 Å². The van der Waals surface area contributed by atoms with E-state index in [1.54, 1.807) is 0 Å². The van der Waals surface area contributed by atoms with Crippen molar-refractivity contribution < 1.29 is 9.84 Å². The standard InChI is InChI=1S/C19H40N2O2/c1-5-6-7-8-9-23-13-17(22)12-21-15-19(4)11-16(20)10-18(2,3)14-19/h16-17,21-22H,5-15,20H2,1-4H3. The molecule has 0 saturated heterocycles. The highest BCUT2D eigenvalue weighted by atomic mass is 16.5. The number of rotatable bonds is 11. The number of nitrogens with two attached hydrogens (primary N) is 1. The fourth-order valence-corrected chi connectivity index (χ4v) is 4.30. The molecular weight excluding hydrogens is 288 g/mol. The zero-order valence-corrected chi connectivity index (χ0v) is 15.9. The van der Waals surface area contributed by atoms with E-state index in [1.807, 2.05) is 0 Å². The summed E-state index contributed by atoms with van der Waals surface area (Å²) in [6, 6.07) is 0.293. The van der Waals surface area contributed by atoms with Crippen LogP contribution in [0.2, 0.25) is 0 Å². The maximum atomic E-state index is 10.0. The molecule has 3 atom stereocenters. The van der Waals surface area contributed by atoms with Gasteiger partial charge in [-0.15, -0.1) is 0 Å². The highest BCUT2D eigenvalue weighted by Crippen LogP contribution is 2.45. The molecule has 0 heterocycles. The molecule has 0 aromatic heterocycles. The first kappa shape index (κ1) is 20.9. The van der Waals surface area contributed by atoms with Gasteiger partial charge >= 0.3 is 0 Å². The van der Waals surface area contributed by atoms with E-state index in [0.717, 1.165) is 32.4 Å². The number of aliphatic hydroxyl groups is 1. The van der Waals surface area contributed by atoms with Gasteiger partial charge in [-0.1, -0.05) is 47.0 Å². The Bertz CT molecular complexity index is 322. The summed E-state index contributed by atoms with van der Waals surface area (Å²) in [5, 5.41) is 13.4. The Morgan fingerprint density at radius 2 is 1.96 bits per heavy atom. The molecular formula is C19H40N2O2. The number of hydrogen-bond donors (Lipinski definition) is 3. The number of ether oxygens (including phenoxy) is 1. The van der Waals surface area contributed by atoms with Crippen LogP contribution in [0.4, 0.5) is 0 Å². The Morgan fingerprint density at radius 1 is 1.22 bits per heavy atom. The molecule has 0 aromatic carbocycles.